The summed E-state index contributed by atoms with van der Waals surface area (Å²) in [5, 5.41) is 3.24. The van der Waals surface area contributed by atoms with Gasteiger partial charge in [0.2, 0.25) is 0 Å². The Morgan fingerprint density at radius 3 is 2.95 bits per heavy atom. The minimum absolute atomic E-state index is 0.00482. The molecule has 1 aromatic heterocycles. The van der Waals surface area contributed by atoms with Crippen LogP contribution in [0.5, 0.6) is 0 Å². The molecule has 1 aliphatic rings. The van der Waals surface area contributed by atoms with Crippen molar-refractivity contribution < 1.29 is 13.9 Å². The maximum absolute atomic E-state index is 11.5. The average Bonchev–Trinajstić information content (AvgIpc) is 2.76. The fourth-order valence-electron chi connectivity index (χ4n) is 2.61. The second kappa shape index (κ2) is 5.40. The first kappa shape index (κ1) is 13.4. The van der Waals surface area contributed by atoms with Gasteiger partial charge in [0.25, 0.3) is 0 Å². The van der Waals surface area contributed by atoms with Crippen LogP contribution in [0.25, 0.3) is 11.1 Å². The molecule has 1 saturated heterocycles. The van der Waals surface area contributed by atoms with Gasteiger partial charge >= 0.3 is 5.76 Å². The number of fused-ring (bicyclic) bond motifs is 1. The lowest BCUT2D eigenvalue weighted by atomic mass is 10.0. The van der Waals surface area contributed by atoms with Gasteiger partial charge in [0, 0.05) is 7.05 Å². The lowest BCUT2D eigenvalue weighted by molar-refractivity contribution is -0.101. The number of hydrogen-bond acceptors (Lipinski definition) is 5. The smallest absolute Gasteiger partial charge is 0.408 e. The topological polar surface area (TPSA) is 65.6 Å². The quantitative estimate of drug-likeness (QED) is 0.900. The largest absolute Gasteiger partial charge is 0.419 e. The second-order valence-electron chi connectivity index (χ2n) is 4.90. The van der Waals surface area contributed by atoms with Crippen LogP contribution in [0.2, 0.25) is 0 Å². The van der Waals surface area contributed by atoms with Crippen molar-refractivity contribution in [3.63, 3.8) is 0 Å². The zero-order valence-corrected chi connectivity index (χ0v) is 11.6. The number of oxazole rings is 1. The summed E-state index contributed by atoms with van der Waals surface area (Å²) in [5.41, 5.74) is 2.39. The van der Waals surface area contributed by atoms with E-state index in [2.05, 4.69) is 5.32 Å². The van der Waals surface area contributed by atoms with Crippen molar-refractivity contribution in [2.75, 3.05) is 26.9 Å². The molecular weight excluding hydrogens is 260 g/mol. The lowest BCUT2D eigenvalue weighted by Gasteiger charge is -2.30. The van der Waals surface area contributed by atoms with Gasteiger partial charge in [0.15, 0.2) is 5.58 Å². The van der Waals surface area contributed by atoms with Gasteiger partial charge in [-0.15, -0.1) is 0 Å². The van der Waals surface area contributed by atoms with Gasteiger partial charge in [0.05, 0.1) is 31.4 Å². The van der Waals surface area contributed by atoms with E-state index in [-0.39, 0.29) is 17.9 Å². The average molecular weight is 278 g/mol. The zero-order valence-electron chi connectivity index (χ0n) is 11.6. The number of likely N-dealkylation sites (N-methyl/N-ethyl adjacent to an activating group) is 1. The van der Waals surface area contributed by atoms with Crippen LogP contribution in [-0.2, 0) is 16.5 Å². The van der Waals surface area contributed by atoms with Crippen molar-refractivity contribution in [3.05, 3.63) is 34.3 Å². The molecule has 0 radical (unpaired) electrons. The standard InChI is InChI=1S/C14H18N2O4/c1-15-13(12-8-18-5-6-19-12)9-3-4-10-11(7-9)20-14(17)16(10)2/h3-4,7,12-13,15H,5-6,8H2,1-2H3. The highest BCUT2D eigenvalue weighted by Gasteiger charge is 2.26. The molecular formula is C14H18N2O4. The Morgan fingerprint density at radius 2 is 2.25 bits per heavy atom. The molecule has 2 aromatic rings. The summed E-state index contributed by atoms with van der Waals surface area (Å²) in [6, 6.07) is 5.76. The number of benzene rings is 1. The fraction of sp³-hybridized carbons (Fsp3) is 0.500. The molecule has 6 heteroatoms. The SMILES string of the molecule is CNC(c1ccc2c(c1)oc(=O)n2C)C1COCCO1. The van der Waals surface area contributed by atoms with Gasteiger partial charge < -0.3 is 19.2 Å². The third-order valence-corrected chi connectivity index (χ3v) is 3.70. The Hall–Kier alpha value is -1.63. The predicted molar refractivity (Wildman–Crippen MR) is 73.8 cm³/mol. The van der Waals surface area contributed by atoms with Crippen molar-refractivity contribution in [1.82, 2.24) is 9.88 Å². The first-order chi connectivity index (χ1) is 9.70. The third-order valence-electron chi connectivity index (χ3n) is 3.70. The molecule has 0 saturated carbocycles. The molecule has 1 N–H and O–H groups in total. The minimum atomic E-state index is -0.351. The maximum atomic E-state index is 11.5. The molecule has 6 nitrogen and oxygen atoms in total. The number of nitrogens with one attached hydrogen (secondary N) is 1. The van der Waals surface area contributed by atoms with Crippen LogP contribution in [-0.4, -0.2) is 37.5 Å². The van der Waals surface area contributed by atoms with Crippen LogP contribution in [0, 0.1) is 0 Å². The van der Waals surface area contributed by atoms with Crippen LogP contribution in [0.1, 0.15) is 11.6 Å². The Balaban J connectivity index is 1.96. The highest BCUT2D eigenvalue weighted by Crippen LogP contribution is 2.24. The highest BCUT2D eigenvalue weighted by molar-refractivity contribution is 5.73. The highest BCUT2D eigenvalue weighted by atomic mass is 16.6. The van der Waals surface area contributed by atoms with Crippen LogP contribution >= 0.6 is 0 Å². The van der Waals surface area contributed by atoms with E-state index in [1.54, 1.807) is 7.05 Å². The number of aromatic nitrogens is 1. The predicted octanol–water partition coefficient (Wildman–Crippen LogP) is 0.807. The van der Waals surface area contributed by atoms with Crippen molar-refractivity contribution >= 4 is 11.1 Å². The van der Waals surface area contributed by atoms with E-state index in [9.17, 15) is 4.79 Å². The summed E-state index contributed by atoms with van der Waals surface area (Å²) in [6.45, 7) is 1.80. The number of aryl methyl sites for hydroxylation is 1. The van der Waals surface area contributed by atoms with Crippen molar-refractivity contribution in [3.8, 4) is 0 Å². The van der Waals surface area contributed by atoms with E-state index in [0.717, 1.165) is 11.1 Å². The second-order valence-corrected chi connectivity index (χ2v) is 4.90. The molecule has 108 valence electrons. The fourth-order valence-corrected chi connectivity index (χ4v) is 2.61. The van der Waals surface area contributed by atoms with Crippen molar-refractivity contribution in [2.45, 2.75) is 12.1 Å². The molecule has 1 aliphatic heterocycles. The summed E-state index contributed by atoms with van der Waals surface area (Å²) < 4.78 is 17.9. The van der Waals surface area contributed by atoms with Crippen LogP contribution in [0.4, 0.5) is 0 Å². The van der Waals surface area contributed by atoms with E-state index < -0.39 is 0 Å². The molecule has 0 amide bonds. The van der Waals surface area contributed by atoms with Gasteiger partial charge in [-0.1, -0.05) is 6.07 Å². The minimum Gasteiger partial charge on any atom is -0.408 e. The molecule has 1 aromatic carbocycles. The Bertz CT molecular complexity index is 655. The van der Waals surface area contributed by atoms with Gasteiger partial charge in [-0.2, -0.15) is 0 Å². The number of nitrogens with zero attached hydrogens (tertiary/aromatic N) is 1. The van der Waals surface area contributed by atoms with Crippen molar-refractivity contribution in [1.29, 1.82) is 0 Å². The zero-order chi connectivity index (χ0) is 14.1. The Kier molecular flexibility index (Phi) is 3.60. The Labute approximate surface area is 116 Å². The number of hydrogen-bond donors (Lipinski definition) is 1. The molecule has 2 unspecified atom stereocenters. The van der Waals surface area contributed by atoms with E-state index in [1.165, 1.54) is 4.57 Å². The summed E-state index contributed by atoms with van der Waals surface area (Å²) in [7, 11) is 3.58. The summed E-state index contributed by atoms with van der Waals surface area (Å²) in [5.74, 6) is -0.351. The monoisotopic (exact) mass is 278 g/mol. The molecule has 0 spiro atoms. The van der Waals surface area contributed by atoms with Gasteiger partial charge in [-0.3, -0.25) is 4.57 Å². The lowest BCUT2D eigenvalue weighted by Crippen LogP contribution is -2.39. The number of rotatable bonds is 3. The van der Waals surface area contributed by atoms with Gasteiger partial charge in [-0.25, -0.2) is 4.79 Å². The summed E-state index contributed by atoms with van der Waals surface area (Å²) >= 11 is 0. The first-order valence-electron chi connectivity index (χ1n) is 6.67. The molecule has 20 heavy (non-hydrogen) atoms. The van der Waals surface area contributed by atoms with E-state index in [1.807, 2.05) is 25.2 Å². The van der Waals surface area contributed by atoms with Crippen LogP contribution in [0.15, 0.2) is 27.4 Å². The molecule has 2 heterocycles. The van der Waals surface area contributed by atoms with Gasteiger partial charge in [-0.05, 0) is 24.7 Å². The molecule has 3 rings (SSSR count). The van der Waals surface area contributed by atoms with E-state index >= 15 is 0 Å². The van der Waals surface area contributed by atoms with Crippen molar-refractivity contribution in [2.24, 2.45) is 7.05 Å². The molecule has 0 aliphatic carbocycles. The normalized spacial score (nSPS) is 21.2. The van der Waals surface area contributed by atoms with E-state index in [0.29, 0.717) is 25.4 Å². The molecule has 2 atom stereocenters. The number of ether oxygens (including phenoxy) is 2. The maximum Gasteiger partial charge on any atom is 0.419 e. The molecule has 1 fully saturated rings. The third kappa shape index (κ3) is 2.26. The summed E-state index contributed by atoms with van der Waals surface area (Å²) in [4.78, 5) is 11.5. The van der Waals surface area contributed by atoms with E-state index in [4.69, 9.17) is 13.9 Å². The first-order valence-corrected chi connectivity index (χ1v) is 6.67. The molecule has 0 bridgehead atoms. The van der Waals surface area contributed by atoms with Gasteiger partial charge in [0.1, 0.15) is 6.10 Å². The van der Waals surface area contributed by atoms with Crippen LogP contribution in [0.3, 0.4) is 0 Å². The summed E-state index contributed by atoms with van der Waals surface area (Å²) in [6.07, 6.45) is -0.0402. The van der Waals surface area contributed by atoms with Crippen LogP contribution < -0.4 is 11.1 Å². The Morgan fingerprint density at radius 1 is 1.40 bits per heavy atom.